The zero-order valence-electron chi connectivity index (χ0n) is 60.7. The van der Waals surface area contributed by atoms with Crippen LogP contribution < -0.4 is 0 Å². The van der Waals surface area contributed by atoms with Crippen molar-refractivity contribution in [2.24, 2.45) is 17.8 Å². The summed E-state index contributed by atoms with van der Waals surface area (Å²) in [6, 6.07) is 0. The van der Waals surface area contributed by atoms with Crippen LogP contribution in [-0.4, -0.2) is 96.7 Å². The number of carbonyl (C=O) groups is 4. The van der Waals surface area contributed by atoms with Gasteiger partial charge < -0.3 is 33.8 Å². The summed E-state index contributed by atoms with van der Waals surface area (Å²) in [6.45, 7) is 11.9. The smallest absolute Gasteiger partial charge is 0.462 e. The van der Waals surface area contributed by atoms with E-state index in [-0.39, 0.29) is 25.7 Å². The maximum Gasteiger partial charge on any atom is 0.472 e. The second-order valence-corrected chi connectivity index (χ2v) is 31.0. The predicted molar refractivity (Wildman–Crippen MR) is 377 cm³/mol. The van der Waals surface area contributed by atoms with Crippen molar-refractivity contribution in [3.05, 3.63) is 0 Å². The third-order valence-corrected chi connectivity index (χ3v) is 19.0. The highest BCUT2D eigenvalue weighted by atomic mass is 31.2. The average Bonchev–Trinajstić information content (AvgIpc) is 2.34. The van der Waals surface area contributed by atoms with Gasteiger partial charge in [-0.3, -0.25) is 37.3 Å². The molecule has 0 aliphatic carbocycles. The fraction of sp³-hybridized carbons (Fsp3) is 0.946. The lowest BCUT2D eigenvalue weighted by molar-refractivity contribution is -0.161. The monoisotopic (exact) mass is 1370 g/mol. The molecule has 0 amide bonds. The molecule has 93 heavy (non-hydrogen) atoms. The van der Waals surface area contributed by atoms with E-state index in [2.05, 4.69) is 48.5 Å². The normalized spacial score (nSPS) is 14.1. The summed E-state index contributed by atoms with van der Waals surface area (Å²) in [7, 11) is -9.91. The van der Waals surface area contributed by atoms with Gasteiger partial charge in [-0.25, -0.2) is 9.13 Å². The van der Waals surface area contributed by atoms with Crippen molar-refractivity contribution in [3.8, 4) is 0 Å². The third-order valence-electron chi connectivity index (χ3n) is 17.1. The van der Waals surface area contributed by atoms with Gasteiger partial charge in [-0.05, 0) is 43.4 Å². The first-order chi connectivity index (χ1) is 44.7. The van der Waals surface area contributed by atoms with E-state index in [0.29, 0.717) is 25.7 Å². The van der Waals surface area contributed by atoms with E-state index in [1.165, 1.54) is 186 Å². The van der Waals surface area contributed by atoms with Crippen LogP contribution in [0.3, 0.4) is 0 Å². The van der Waals surface area contributed by atoms with Gasteiger partial charge in [-0.2, -0.15) is 0 Å². The first-order valence-electron chi connectivity index (χ1n) is 38.3. The Kier molecular flexibility index (Phi) is 63.4. The summed E-state index contributed by atoms with van der Waals surface area (Å²) in [6.07, 6.45) is 49.9. The van der Waals surface area contributed by atoms with Crippen molar-refractivity contribution in [2.75, 3.05) is 39.6 Å². The van der Waals surface area contributed by atoms with Crippen molar-refractivity contribution in [1.82, 2.24) is 0 Å². The van der Waals surface area contributed by atoms with Gasteiger partial charge in [0.05, 0.1) is 26.4 Å². The van der Waals surface area contributed by atoms with E-state index in [1.54, 1.807) is 0 Å². The number of carbonyl (C=O) groups excluding carboxylic acids is 4. The van der Waals surface area contributed by atoms with Crippen molar-refractivity contribution >= 4 is 39.5 Å². The molecule has 0 spiro atoms. The maximum absolute atomic E-state index is 13.1. The molecule has 17 nitrogen and oxygen atoms in total. The molecular weight excluding hydrogens is 1220 g/mol. The zero-order chi connectivity index (χ0) is 68.7. The molecule has 5 atom stereocenters. The number of aliphatic hydroxyl groups excluding tert-OH is 1. The van der Waals surface area contributed by atoms with Crippen molar-refractivity contribution in [2.45, 2.75) is 394 Å². The maximum atomic E-state index is 13.1. The summed E-state index contributed by atoms with van der Waals surface area (Å²) in [5, 5.41) is 10.6. The summed E-state index contributed by atoms with van der Waals surface area (Å²) in [5.41, 5.74) is 0. The van der Waals surface area contributed by atoms with Crippen LogP contribution in [0, 0.1) is 17.8 Å². The predicted octanol–water partition coefficient (Wildman–Crippen LogP) is 21.4. The van der Waals surface area contributed by atoms with Crippen LogP contribution in [0.2, 0.25) is 0 Å². The number of rotatable bonds is 72. The molecule has 19 heteroatoms. The van der Waals surface area contributed by atoms with Gasteiger partial charge in [0.1, 0.15) is 19.3 Å². The third kappa shape index (κ3) is 68.4. The first kappa shape index (κ1) is 91.1. The molecule has 552 valence electrons. The van der Waals surface area contributed by atoms with Crippen molar-refractivity contribution in [1.29, 1.82) is 0 Å². The van der Waals surface area contributed by atoms with Gasteiger partial charge in [0, 0.05) is 25.7 Å². The van der Waals surface area contributed by atoms with Crippen LogP contribution >= 0.6 is 15.6 Å². The lowest BCUT2D eigenvalue weighted by atomic mass is 10.0. The SMILES string of the molecule is CCCCCCCCCCCCCCC(=O)O[C@H](COC(=O)CCCCCCCCCCC(C)C)COP(=O)(O)OC[C@H](O)COP(=O)(O)OC[C@@H](COC(=O)CCCCCCCCCCCCC(C)C)OC(=O)CCCCCCCCCCCCCCCCC(C)C. The van der Waals surface area contributed by atoms with Crippen LogP contribution in [0.15, 0.2) is 0 Å². The lowest BCUT2D eigenvalue weighted by Gasteiger charge is -2.21. The van der Waals surface area contributed by atoms with Crippen molar-refractivity contribution in [3.63, 3.8) is 0 Å². The molecule has 0 aliphatic rings. The minimum atomic E-state index is -4.96. The molecule has 0 heterocycles. The Morgan fingerprint density at radius 3 is 0.731 bits per heavy atom. The minimum absolute atomic E-state index is 0.107. The van der Waals surface area contributed by atoms with Gasteiger partial charge in [0.2, 0.25) is 0 Å². The Bertz CT molecular complexity index is 1820. The molecule has 0 fully saturated rings. The fourth-order valence-corrected chi connectivity index (χ4v) is 12.8. The van der Waals surface area contributed by atoms with E-state index in [1.807, 2.05) is 0 Å². The van der Waals surface area contributed by atoms with Crippen LogP contribution in [-0.2, 0) is 65.4 Å². The fourth-order valence-electron chi connectivity index (χ4n) is 11.2. The van der Waals surface area contributed by atoms with E-state index in [0.717, 1.165) is 108 Å². The molecule has 0 saturated heterocycles. The molecule has 0 aromatic carbocycles. The largest absolute Gasteiger partial charge is 0.472 e. The van der Waals surface area contributed by atoms with E-state index >= 15 is 0 Å². The van der Waals surface area contributed by atoms with Crippen LogP contribution in [0.25, 0.3) is 0 Å². The van der Waals surface area contributed by atoms with Crippen LogP contribution in [0.5, 0.6) is 0 Å². The van der Waals surface area contributed by atoms with Gasteiger partial charge in [0.25, 0.3) is 0 Å². The second-order valence-electron chi connectivity index (χ2n) is 28.1. The number of esters is 4. The van der Waals surface area contributed by atoms with E-state index in [9.17, 15) is 43.2 Å². The molecule has 0 rings (SSSR count). The zero-order valence-corrected chi connectivity index (χ0v) is 62.5. The molecule has 0 radical (unpaired) electrons. The number of phosphoric acid groups is 2. The standard InChI is InChI=1S/C74H144O17P2/c1-8-9-10-11-12-13-14-20-27-36-43-50-57-73(78)91-70(62-85-72(77)56-49-42-35-30-29-33-40-47-54-67(6)7)64-89-93(82,83)87-60-68(75)59-86-92(80,81)88-63-69(61-84-71(76)55-48-41-34-26-23-22-25-32-39-46-53-66(4)5)90-74(79)58-51-44-37-28-21-18-16-15-17-19-24-31-38-45-52-65(2)3/h65-70,75H,8-64H2,1-7H3,(H,80,81)(H,82,83)/t68-,69-,70-/m1/s1. The van der Waals surface area contributed by atoms with Crippen molar-refractivity contribution < 1.29 is 80.2 Å². The Morgan fingerprint density at radius 2 is 0.495 bits per heavy atom. The van der Waals surface area contributed by atoms with Crippen LogP contribution in [0.1, 0.15) is 376 Å². The number of hydrogen-bond donors (Lipinski definition) is 3. The number of unbranched alkanes of at least 4 members (excludes halogenated alkanes) is 40. The quantitative estimate of drug-likeness (QED) is 0.0222. The highest BCUT2D eigenvalue weighted by Gasteiger charge is 2.30. The Labute approximate surface area is 568 Å². The number of aliphatic hydroxyl groups is 1. The highest BCUT2D eigenvalue weighted by molar-refractivity contribution is 7.47. The molecule has 0 aliphatic heterocycles. The van der Waals surface area contributed by atoms with E-state index < -0.39 is 97.5 Å². The summed E-state index contributed by atoms with van der Waals surface area (Å²) < 4.78 is 68.5. The Balaban J connectivity index is 5.25. The summed E-state index contributed by atoms with van der Waals surface area (Å²) >= 11 is 0. The van der Waals surface area contributed by atoms with Gasteiger partial charge in [-0.1, -0.05) is 325 Å². The molecule has 0 bridgehead atoms. The molecular formula is C74H144O17P2. The number of hydrogen-bond acceptors (Lipinski definition) is 15. The Morgan fingerprint density at radius 1 is 0.290 bits per heavy atom. The molecule has 2 unspecified atom stereocenters. The van der Waals surface area contributed by atoms with Gasteiger partial charge >= 0.3 is 39.5 Å². The molecule has 0 aromatic rings. The topological polar surface area (TPSA) is 237 Å². The second kappa shape index (κ2) is 64.7. The average molecular weight is 1370 g/mol. The summed E-state index contributed by atoms with van der Waals surface area (Å²) in [5.74, 6) is 0.161. The molecule has 0 aromatic heterocycles. The highest BCUT2D eigenvalue weighted by Crippen LogP contribution is 2.45. The molecule has 3 N–H and O–H groups in total. The number of ether oxygens (including phenoxy) is 4. The van der Waals surface area contributed by atoms with Gasteiger partial charge in [-0.15, -0.1) is 0 Å². The van der Waals surface area contributed by atoms with Gasteiger partial charge in [0.15, 0.2) is 12.2 Å². The summed E-state index contributed by atoms with van der Waals surface area (Å²) in [4.78, 5) is 72.7. The molecule has 0 saturated carbocycles. The lowest BCUT2D eigenvalue weighted by Crippen LogP contribution is -2.30. The Hall–Kier alpha value is -1.94. The van der Waals surface area contributed by atoms with E-state index in [4.69, 9.17) is 37.0 Å². The first-order valence-corrected chi connectivity index (χ1v) is 41.3. The van der Waals surface area contributed by atoms with Crippen LogP contribution in [0.4, 0.5) is 0 Å². The minimum Gasteiger partial charge on any atom is -0.462 e. The number of phosphoric ester groups is 2.